The van der Waals surface area contributed by atoms with Gasteiger partial charge in [-0.2, -0.15) is 5.26 Å². The summed E-state index contributed by atoms with van der Waals surface area (Å²) >= 11 is 1.73. The topological polar surface area (TPSA) is 63.5 Å². The molecule has 2 saturated heterocycles. The van der Waals surface area contributed by atoms with Gasteiger partial charge in [0.25, 0.3) is 5.91 Å². The Morgan fingerprint density at radius 3 is 2.24 bits per heavy atom. The summed E-state index contributed by atoms with van der Waals surface area (Å²) in [5, 5.41) is 11.2. The molecule has 194 valence electrons. The van der Waals surface area contributed by atoms with Gasteiger partial charge < -0.3 is 9.80 Å². The number of fused-ring (bicyclic) bond motifs is 1. The first-order valence-corrected chi connectivity index (χ1v) is 14.4. The summed E-state index contributed by atoms with van der Waals surface area (Å²) in [5.74, 6) is 0.0506. The van der Waals surface area contributed by atoms with Gasteiger partial charge in [0.1, 0.15) is 0 Å². The van der Waals surface area contributed by atoms with Crippen molar-refractivity contribution in [1.82, 2.24) is 14.2 Å². The van der Waals surface area contributed by atoms with Crippen LogP contribution in [0.2, 0.25) is 0 Å². The molecule has 3 aromatic rings. The summed E-state index contributed by atoms with van der Waals surface area (Å²) in [4.78, 5) is 22.6. The van der Waals surface area contributed by atoms with E-state index >= 15 is 0 Å². The maximum atomic E-state index is 13.7. The maximum absolute atomic E-state index is 13.7. The molecule has 0 atom stereocenters. The molecule has 0 N–H and O–H groups in total. The van der Waals surface area contributed by atoms with E-state index in [0.717, 1.165) is 74.3 Å². The fourth-order valence-corrected chi connectivity index (χ4v) is 5.85. The van der Waals surface area contributed by atoms with Crippen molar-refractivity contribution in [2.45, 2.75) is 39.0 Å². The van der Waals surface area contributed by atoms with Crippen molar-refractivity contribution in [1.29, 1.82) is 5.26 Å². The smallest absolute Gasteiger partial charge is 0.257 e. The molecule has 5 rings (SSSR count). The molecule has 3 heterocycles. The van der Waals surface area contributed by atoms with Crippen LogP contribution in [0.5, 0.6) is 0 Å². The second-order valence-electron chi connectivity index (χ2n) is 9.49. The number of carbonyl (C=O) groups excluding carboxylic acids is 1. The Balaban J connectivity index is 0.00000156. The SMILES string of the molecule is CC.CSN1CCN(C(=O)c2cnc3ccccc3c2N2CCC(C#N)(c3ccc(C)cc3)CC2)CC1. The number of carbonyl (C=O) groups is 1. The van der Waals surface area contributed by atoms with Crippen molar-refractivity contribution in [3.05, 3.63) is 71.4 Å². The number of piperidine rings is 1. The van der Waals surface area contributed by atoms with Crippen LogP contribution in [0.3, 0.4) is 0 Å². The van der Waals surface area contributed by atoms with Crippen LogP contribution in [0.1, 0.15) is 48.2 Å². The summed E-state index contributed by atoms with van der Waals surface area (Å²) in [6.07, 6.45) is 5.29. The minimum Gasteiger partial charge on any atom is -0.370 e. The number of amides is 1. The predicted octanol–water partition coefficient (Wildman–Crippen LogP) is 5.67. The number of aromatic nitrogens is 1. The Kier molecular flexibility index (Phi) is 8.73. The summed E-state index contributed by atoms with van der Waals surface area (Å²) in [6.45, 7) is 10.7. The predicted molar refractivity (Wildman–Crippen MR) is 154 cm³/mol. The van der Waals surface area contributed by atoms with Gasteiger partial charge in [0.05, 0.1) is 28.3 Å². The molecular weight excluding hydrogens is 478 g/mol. The molecule has 1 aromatic heterocycles. The van der Waals surface area contributed by atoms with E-state index in [0.29, 0.717) is 5.56 Å². The lowest BCUT2D eigenvalue weighted by atomic mass is 9.73. The zero-order valence-corrected chi connectivity index (χ0v) is 23.2. The summed E-state index contributed by atoms with van der Waals surface area (Å²) in [7, 11) is 0. The van der Waals surface area contributed by atoms with Crippen LogP contribution >= 0.6 is 11.9 Å². The molecule has 2 aromatic carbocycles. The van der Waals surface area contributed by atoms with E-state index in [9.17, 15) is 10.1 Å². The zero-order valence-electron chi connectivity index (χ0n) is 22.4. The number of benzene rings is 2. The summed E-state index contributed by atoms with van der Waals surface area (Å²) in [5.41, 5.74) is 4.31. The standard InChI is InChI=1S/C28H31N5OS.C2H6/c1-21-7-9-22(10-8-21)28(20-29)11-13-31(14-12-28)26-23-5-3-4-6-25(23)30-19-24(26)27(34)32-15-17-33(35-2)18-16-32;1-2/h3-10,19H,11-18H2,1-2H3;1-2H3. The van der Waals surface area contributed by atoms with Gasteiger partial charge in [0, 0.05) is 50.9 Å². The van der Waals surface area contributed by atoms with Crippen molar-refractivity contribution in [3.63, 3.8) is 0 Å². The highest BCUT2D eigenvalue weighted by Crippen LogP contribution is 2.39. The van der Waals surface area contributed by atoms with Crippen LogP contribution in [0, 0.1) is 18.3 Å². The molecule has 0 radical (unpaired) electrons. The lowest BCUT2D eigenvalue weighted by molar-refractivity contribution is 0.0704. The molecular formula is C30H37N5OS. The molecule has 1 amide bonds. The number of pyridine rings is 1. The number of hydrogen-bond acceptors (Lipinski definition) is 6. The first kappa shape index (κ1) is 27.0. The lowest BCUT2D eigenvalue weighted by Gasteiger charge is -2.40. The third-order valence-electron chi connectivity index (χ3n) is 7.51. The summed E-state index contributed by atoms with van der Waals surface area (Å²) in [6, 6.07) is 19.1. The van der Waals surface area contributed by atoms with Gasteiger partial charge in [-0.15, -0.1) is 0 Å². The highest BCUT2D eigenvalue weighted by atomic mass is 32.2. The Morgan fingerprint density at radius 2 is 1.62 bits per heavy atom. The third kappa shape index (κ3) is 5.46. The van der Waals surface area contributed by atoms with Crippen LogP contribution in [-0.2, 0) is 5.41 Å². The van der Waals surface area contributed by atoms with E-state index in [4.69, 9.17) is 0 Å². The number of nitrogens with zero attached hydrogens (tertiary/aromatic N) is 5. The average molecular weight is 516 g/mol. The van der Waals surface area contributed by atoms with Gasteiger partial charge in [-0.3, -0.25) is 9.78 Å². The van der Waals surface area contributed by atoms with Crippen LogP contribution in [0.4, 0.5) is 5.69 Å². The Labute approximate surface area is 225 Å². The first-order chi connectivity index (χ1) is 18.0. The Morgan fingerprint density at radius 1 is 0.973 bits per heavy atom. The number of para-hydroxylation sites is 1. The lowest BCUT2D eigenvalue weighted by Crippen LogP contribution is -2.47. The van der Waals surface area contributed by atoms with Crippen LogP contribution < -0.4 is 4.90 Å². The Bertz CT molecular complexity index is 1250. The number of hydrogen-bond donors (Lipinski definition) is 0. The molecule has 6 nitrogen and oxygen atoms in total. The highest BCUT2D eigenvalue weighted by Gasteiger charge is 2.38. The van der Waals surface area contributed by atoms with Gasteiger partial charge in [0.2, 0.25) is 0 Å². The van der Waals surface area contributed by atoms with Gasteiger partial charge in [-0.25, -0.2) is 4.31 Å². The monoisotopic (exact) mass is 515 g/mol. The molecule has 0 bridgehead atoms. The number of anilines is 1. The van der Waals surface area contributed by atoms with E-state index in [1.807, 2.05) is 36.9 Å². The molecule has 0 spiro atoms. The van der Waals surface area contributed by atoms with Crippen LogP contribution in [0.15, 0.2) is 54.7 Å². The number of aryl methyl sites for hydroxylation is 1. The van der Waals surface area contributed by atoms with Crippen LogP contribution in [0.25, 0.3) is 10.9 Å². The number of nitriles is 1. The number of piperazine rings is 1. The van der Waals surface area contributed by atoms with E-state index in [2.05, 4.69) is 63.8 Å². The molecule has 0 saturated carbocycles. The van der Waals surface area contributed by atoms with Crippen molar-refractivity contribution in [3.8, 4) is 6.07 Å². The Hall–Kier alpha value is -3.08. The van der Waals surface area contributed by atoms with Gasteiger partial charge in [-0.1, -0.05) is 73.8 Å². The molecule has 2 fully saturated rings. The van der Waals surface area contributed by atoms with Gasteiger partial charge in [-0.05, 0) is 37.7 Å². The molecule has 0 unspecified atom stereocenters. The second-order valence-corrected chi connectivity index (χ2v) is 10.4. The van der Waals surface area contributed by atoms with E-state index < -0.39 is 5.41 Å². The summed E-state index contributed by atoms with van der Waals surface area (Å²) < 4.78 is 2.29. The normalized spacial score (nSPS) is 17.6. The van der Waals surface area contributed by atoms with Crippen molar-refractivity contribution in [2.24, 2.45) is 0 Å². The molecule has 2 aliphatic rings. The average Bonchev–Trinajstić information content (AvgIpc) is 2.98. The third-order valence-corrected chi connectivity index (χ3v) is 8.39. The van der Waals surface area contributed by atoms with Gasteiger partial charge >= 0.3 is 0 Å². The largest absolute Gasteiger partial charge is 0.370 e. The van der Waals surface area contributed by atoms with Crippen LogP contribution in [-0.4, -0.2) is 65.6 Å². The van der Waals surface area contributed by atoms with Crippen molar-refractivity contribution < 1.29 is 4.79 Å². The van der Waals surface area contributed by atoms with E-state index in [1.54, 1.807) is 18.1 Å². The van der Waals surface area contributed by atoms with E-state index in [1.165, 1.54) is 5.56 Å². The quantitative estimate of drug-likeness (QED) is 0.418. The van der Waals surface area contributed by atoms with Gasteiger partial charge in [0.15, 0.2) is 0 Å². The molecule has 2 aliphatic heterocycles. The second kappa shape index (κ2) is 12.0. The molecule has 0 aliphatic carbocycles. The minimum atomic E-state index is -0.495. The fourth-order valence-electron chi connectivity index (χ4n) is 5.32. The maximum Gasteiger partial charge on any atom is 0.257 e. The zero-order chi connectivity index (χ0) is 26.4. The molecule has 7 heteroatoms. The molecule has 37 heavy (non-hydrogen) atoms. The minimum absolute atomic E-state index is 0.0506. The van der Waals surface area contributed by atoms with Crippen molar-refractivity contribution in [2.75, 3.05) is 50.4 Å². The fraction of sp³-hybridized carbons (Fsp3) is 0.433. The van der Waals surface area contributed by atoms with Crippen molar-refractivity contribution >= 4 is 34.4 Å². The van der Waals surface area contributed by atoms with E-state index in [-0.39, 0.29) is 5.91 Å². The first-order valence-electron chi connectivity index (χ1n) is 13.2. The highest BCUT2D eigenvalue weighted by molar-refractivity contribution is 7.96. The number of rotatable bonds is 4.